The number of rotatable bonds is 7. The quantitative estimate of drug-likeness (QED) is 0.585. The minimum atomic E-state index is 0.548. The molecule has 0 unspecified atom stereocenters. The van der Waals surface area contributed by atoms with Crippen LogP contribution in [0.3, 0.4) is 0 Å². The molecule has 136 valence electrons. The first kappa shape index (κ1) is 18.9. The number of aryl methyl sites for hydroxylation is 1. The van der Waals surface area contributed by atoms with E-state index in [1.165, 1.54) is 9.75 Å². The summed E-state index contributed by atoms with van der Waals surface area (Å²) in [5.74, 6) is 2.60. The third-order valence-corrected chi connectivity index (χ3v) is 4.68. The van der Waals surface area contributed by atoms with E-state index in [2.05, 4.69) is 34.7 Å². The normalized spacial score (nSPS) is 11.2. The number of aliphatic imine (C=N–C) groups is 1. The third kappa shape index (κ3) is 4.79. The number of hydrogen-bond donors (Lipinski definition) is 2. The Morgan fingerprint density at radius 1 is 0.960 bits per heavy atom. The number of benzene rings is 1. The highest BCUT2D eigenvalue weighted by molar-refractivity contribution is 7.11. The molecule has 7 heteroatoms. The third-order valence-electron chi connectivity index (χ3n) is 3.68. The van der Waals surface area contributed by atoms with Gasteiger partial charge in [0.25, 0.3) is 0 Å². The van der Waals surface area contributed by atoms with Crippen LogP contribution in [0.4, 0.5) is 0 Å². The summed E-state index contributed by atoms with van der Waals surface area (Å²) >= 11 is 1.77. The maximum Gasteiger partial charge on any atom is 0.203 e. The van der Waals surface area contributed by atoms with Crippen LogP contribution in [-0.4, -0.2) is 34.3 Å². The van der Waals surface area contributed by atoms with E-state index in [9.17, 15) is 0 Å². The van der Waals surface area contributed by atoms with E-state index >= 15 is 0 Å². The van der Waals surface area contributed by atoms with Gasteiger partial charge in [-0.05, 0) is 31.2 Å². The summed E-state index contributed by atoms with van der Waals surface area (Å²) in [7, 11) is 6.57. The molecule has 0 aliphatic rings. The molecule has 1 aromatic heterocycles. The Hall–Kier alpha value is -2.41. The molecule has 0 aliphatic heterocycles. The van der Waals surface area contributed by atoms with Gasteiger partial charge in [-0.2, -0.15) is 0 Å². The molecule has 0 radical (unpaired) electrons. The number of guanidine groups is 1. The van der Waals surface area contributed by atoms with Gasteiger partial charge < -0.3 is 24.8 Å². The van der Waals surface area contributed by atoms with Crippen LogP contribution in [0.5, 0.6) is 17.2 Å². The van der Waals surface area contributed by atoms with Crippen LogP contribution in [0.1, 0.15) is 15.3 Å². The Balaban J connectivity index is 2.03. The molecule has 0 bridgehead atoms. The van der Waals surface area contributed by atoms with Crippen molar-refractivity contribution in [2.45, 2.75) is 20.0 Å². The van der Waals surface area contributed by atoms with Crippen molar-refractivity contribution in [3.05, 3.63) is 39.6 Å². The topological polar surface area (TPSA) is 64.1 Å². The summed E-state index contributed by atoms with van der Waals surface area (Å²) in [5, 5.41) is 6.60. The minimum Gasteiger partial charge on any atom is -0.493 e. The molecule has 0 atom stereocenters. The smallest absolute Gasteiger partial charge is 0.203 e. The Bertz CT molecular complexity index is 728. The lowest BCUT2D eigenvalue weighted by Crippen LogP contribution is -2.36. The Morgan fingerprint density at radius 3 is 2.24 bits per heavy atom. The zero-order valence-electron chi connectivity index (χ0n) is 15.3. The van der Waals surface area contributed by atoms with Crippen LogP contribution >= 0.6 is 11.3 Å². The number of thiophene rings is 1. The molecule has 25 heavy (non-hydrogen) atoms. The van der Waals surface area contributed by atoms with Gasteiger partial charge in [0.15, 0.2) is 17.5 Å². The molecule has 0 amide bonds. The summed E-state index contributed by atoms with van der Waals surface area (Å²) in [6, 6.07) is 8.05. The number of ether oxygens (including phenoxy) is 3. The van der Waals surface area contributed by atoms with Crippen molar-refractivity contribution in [3.8, 4) is 17.2 Å². The number of nitrogens with one attached hydrogen (secondary N) is 2. The van der Waals surface area contributed by atoms with Gasteiger partial charge in [0.05, 0.1) is 27.9 Å². The highest BCUT2D eigenvalue weighted by atomic mass is 32.1. The van der Waals surface area contributed by atoms with Gasteiger partial charge in [-0.15, -0.1) is 11.3 Å². The lowest BCUT2D eigenvalue weighted by molar-refractivity contribution is 0.322. The molecule has 6 nitrogen and oxygen atoms in total. The predicted molar refractivity (Wildman–Crippen MR) is 102 cm³/mol. The van der Waals surface area contributed by atoms with Gasteiger partial charge in [-0.25, -0.2) is 0 Å². The second kappa shape index (κ2) is 9.17. The lowest BCUT2D eigenvalue weighted by Gasteiger charge is -2.17. The molecular formula is C18H25N3O3S. The average molecular weight is 363 g/mol. The molecule has 1 aromatic carbocycles. The van der Waals surface area contributed by atoms with E-state index in [4.69, 9.17) is 14.2 Å². The first-order valence-electron chi connectivity index (χ1n) is 7.90. The average Bonchev–Trinajstić information content (AvgIpc) is 3.06. The van der Waals surface area contributed by atoms with E-state index in [1.807, 2.05) is 12.1 Å². The molecule has 0 fully saturated rings. The molecule has 0 saturated heterocycles. The van der Waals surface area contributed by atoms with Crippen LogP contribution in [-0.2, 0) is 13.1 Å². The van der Waals surface area contributed by atoms with Gasteiger partial charge in [0.2, 0.25) is 5.75 Å². The number of hydrogen-bond acceptors (Lipinski definition) is 5. The van der Waals surface area contributed by atoms with Gasteiger partial charge in [-0.3, -0.25) is 4.99 Å². The Morgan fingerprint density at radius 2 is 1.68 bits per heavy atom. The van der Waals surface area contributed by atoms with Crippen molar-refractivity contribution >= 4 is 17.3 Å². The number of methoxy groups -OCH3 is 3. The van der Waals surface area contributed by atoms with Crippen molar-refractivity contribution in [1.29, 1.82) is 0 Å². The first-order valence-corrected chi connectivity index (χ1v) is 8.72. The van der Waals surface area contributed by atoms with E-state index in [1.54, 1.807) is 39.7 Å². The molecule has 0 spiro atoms. The molecule has 2 rings (SSSR count). The standard InChI is InChI=1S/C18H25N3O3S/c1-12-6-8-14(25-12)11-21-18(19-2)20-10-13-7-9-15(22-3)17(24-5)16(13)23-4/h6-9H,10-11H2,1-5H3,(H2,19,20,21). The molecular weight excluding hydrogens is 338 g/mol. The van der Waals surface area contributed by atoms with Gasteiger partial charge in [0, 0.05) is 28.9 Å². The highest BCUT2D eigenvalue weighted by Crippen LogP contribution is 2.39. The monoisotopic (exact) mass is 363 g/mol. The second-order valence-corrected chi connectivity index (χ2v) is 6.66. The first-order chi connectivity index (χ1) is 12.1. The van der Waals surface area contributed by atoms with Crippen molar-refractivity contribution < 1.29 is 14.2 Å². The van der Waals surface area contributed by atoms with Crippen molar-refractivity contribution in [2.75, 3.05) is 28.4 Å². The number of nitrogens with zero attached hydrogens (tertiary/aromatic N) is 1. The fraction of sp³-hybridized carbons (Fsp3) is 0.389. The maximum absolute atomic E-state index is 5.50. The van der Waals surface area contributed by atoms with Crippen LogP contribution < -0.4 is 24.8 Å². The molecule has 0 saturated carbocycles. The summed E-state index contributed by atoms with van der Waals surface area (Å²) in [6.07, 6.45) is 0. The van der Waals surface area contributed by atoms with Gasteiger partial charge >= 0.3 is 0 Å². The Kier molecular flexibility index (Phi) is 6.94. The molecule has 0 aliphatic carbocycles. The highest BCUT2D eigenvalue weighted by Gasteiger charge is 2.15. The maximum atomic E-state index is 5.50. The van der Waals surface area contributed by atoms with Crippen molar-refractivity contribution in [2.24, 2.45) is 4.99 Å². The summed E-state index contributed by atoms with van der Waals surface area (Å²) < 4.78 is 16.2. The minimum absolute atomic E-state index is 0.548. The molecule has 2 aromatic rings. The fourth-order valence-corrected chi connectivity index (χ4v) is 3.28. The second-order valence-electron chi connectivity index (χ2n) is 5.29. The summed E-state index contributed by atoms with van der Waals surface area (Å²) in [5.41, 5.74) is 0.954. The molecule has 1 heterocycles. The van der Waals surface area contributed by atoms with Crippen molar-refractivity contribution in [1.82, 2.24) is 10.6 Å². The van der Waals surface area contributed by atoms with Crippen LogP contribution in [0, 0.1) is 6.92 Å². The predicted octanol–water partition coefficient (Wildman–Crippen LogP) is 2.95. The van der Waals surface area contributed by atoms with E-state index < -0.39 is 0 Å². The zero-order valence-corrected chi connectivity index (χ0v) is 16.1. The SMILES string of the molecule is CN=C(NCc1ccc(C)s1)NCc1ccc(OC)c(OC)c1OC. The van der Waals surface area contributed by atoms with Crippen molar-refractivity contribution in [3.63, 3.8) is 0 Å². The van der Waals surface area contributed by atoms with Gasteiger partial charge in [0.1, 0.15) is 0 Å². The lowest BCUT2D eigenvalue weighted by atomic mass is 10.1. The zero-order chi connectivity index (χ0) is 18.2. The van der Waals surface area contributed by atoms with Crippen LogP contribution in [0.25, 0.3) is 0 Å². The van der Waals surface area contributed by atoms with E-state index in [0.717, 1.165) is 18.1 Å². The largest absolute Gasteiger partial charge is 0.493 e. The van der Waals surface area contributed by atoms with E-state index in [-0.39, 0.29) is 0 Å². The summed E-state index contributed by atoms with van der Waals surface area (Å²) in [4.78, 5) is 6.83. The van der Waals surface area contributed by atoms with Crippen LogP contribution in [0.2, 0.25) is 0 Å². The Labute approximate surface area is 152 Å². The molecule has 2 N–H and O–H groups in total. The summed E-state index contributed by atoms with van der Waals surface area (Å²) in [6.45, 7) is 3.39. The van der Waals surface area contributed by atoms with E-state index in [0.29, 0.717) is 23.8 Å². The fourth-order valence-electron chi connectivity index (χ4n) is 2.45. The van der Waals surface area contributed by atoms with Crippen LogP contribution in [0.15, 0.2) is 29.3 Å². The van der Waals surface area contributed by atoms with Gasteiger partial charge in [-0.1, -0.05) is 0 Å².